The molecule has 1 aromatic carbocycles. The van der Waals surface area contributed by atoms with E-state index in [1.807, 2.05) is 30.5 Å². The summed E-state index contributed by atoms with van der Waals surface area (Å²) in [7, 11) is 1.58. The van der Waals surface area contributed by atoms with Crippen LogP contribution in [0.4, 0.5) is 5.69 Å². The number of fused-ring (bicyclic) bond motifs is 1. The van der Waals surface area contributed by atoms with Gasteiger partial charge in [-0.3, -0.25) is 14.2 Å². The molecule has 0 saturated heterocycles. The van der Waals surface area contributed by atoms with Crippen molar-refractivity contribution in [2.75, 3.05) is 18.2 Å². The van der Waals surface area contributed by atoms with Gasteiger partial charge in [0.25, 0.3) is 5.56 Å². The molecule has 0 radical (unpaired) electrons. The summed E-state index contributed by atoms with van der Waals surface area (Å²) in [5, 5.41) is 5.22. The van der Waals surface area contributed by atoms with Crippen molar-refractivity contribution in [3.63, 3.8) is 0 Å². The number of hydrogen-bond donors (Lipinski definition) is 1. The fraction of sp³-hybridized carbons (Fsp3) is 0.235. The number of thioether (sulfide) groups is 1. The number of nitrogens with zero attached hydrogens (tertiary/aromatic N) is 2. The van der Waals surface area contributed by atoms with Crippen molar-refractivity contribution in [3.05, 3.63) is 46.1 Å². The standard InChI is InChI=1S/C17H17N3O3S2/c1-3-20-16(22)15-13(7-8-24-15)19-17(20)25-10-14(21)18-11-5-4-6-12(9-11)23-2/h4-9H,3,10H2,1-2H3,(H,18,21). The van der Waals surface area contributed by atoms with Crippen LogP contribution in [0.2, 0.25) is 0 Å². The van der Waals surface area contributed by atoms with E-state index in [1.165, 1.54) is 23.1 Å². The molecule has 1 N–H and O–H groups in total. The quantitative estimate of drug-likeness (QED) is 0.529. The molecule has 25 heavy (non-hydrogen) atoms. The van der Waals surface area contributed by atoms with Gasteiger partial charge < -0.3 is 10.1 Å². The molecule has 2 aromatic heterocycles. The average Bonchev–Trinajstić information content (AvgIpc) is 3.09. The third-order valence-electron chi connectivity index (χ3n) is 3.53. The number of methoxy groups -OCH3 is 1. The van der Waals surface area contributed by atoms with Gasteiger partial charge in [-0.1, -0.05) is 17.8 Å². The van der Waals surface area contributed by atoms with Gasteiger partial charge in [0, 0.05) is 18.3 Å². The molecule has 8 heteroatoms. The number of thiophene rings is 1. The van der Waals surface area contributed by atoms with Gasteiger partial charge in [0.05, 0.1) is 18.4 Å². The Labute approximate surface area is 152 Å². The summed E-state index contributed by atoms with van der Waals surface area (Å²) in [6, 6.07) is 8.98. The maximum atomic E-state index is 12.5. The lowest BCUT2D eigenvalue weighted by atomic mass is 10.3. The lowest BCUT2D eigenvalue weighted by molar-refractivity contribution is -0.113. The molecule has 0 atom stereocenters. The normalized spacial score (nSPS) is 10.8. The van der Waals surface area contributed by atoms with Crippen molar-refractivity contribution in [2.24, 2.45) is 0 Å². The van der Waals surface area contributed by atoms with Crippen LogP contribution < -0.4 is 15.6 Å². The van der Waals surface area contributed by atoms with E-state index in [-0.39, 0.29) is 17.2 Å². The van der Waals surface area contributed by atoms with Crippen LogP contribution in [0, 0.1) is 0 Å². The molecule has 2 heterocycles. The highest BCUT2D eigenvalue weighted by atomic mass is 32.2. The molecule has 0 unspecified atom stereocenters. The summed E-state index contributed by atoms with van der Waals surface area (Å²) >= 11 is 2.64. The van der Waals surface area contributed by atoms with Crippen molar-refractivity contribution in [1.82, 2.24) is 9.55 Å². The smallest absolute Gasteiger partial charge is 0.272 e. The van der Waals surface area contributed by atoms with E-state index in [9.17, 15) is 9.59 Å². The van der Waals surface area contributed by atoms with E-state index in [4.69, 9.17) is 4.74 Å². The Bertz CT molecular complexity index is 965. The minimum absolute atomic E-state index is 0.0572. The van der Waals surface area contributed by atoms with E-state index in [2.05, 4.69) is 10.3 Å². The summed E-state index contributed by atoms with van der Waals surface area (Å²) in [4.78, 5) is 29.2. The van der Waals surface area contributed by atoms with Crippen LogP contribution >= 0.6 is 23.1 Å². The van der Waals surface area contributed by atoms with Crippen molar-refractivity contribution < 1.29 is 9.53 Å². The topological polar surface area (TPSA) is 73.2 Å². The summed E-state index contributed by atoms with van der Waals surface area (Å²) < 4.78 is 7.38. The van der Waals surface area contributed by atoms with Crippen LogP contribution in [0.1, 0.15) is 6.92 Å². The van der Waals surface area contributed by atoms with Crippen LogP contribution in [-0.4, -0.2) is 28.3 Å². The molecule has 3 aromatic rings. The Hall–Kier alpha value is -2.32. The molecule has 1 amide bonds. The first-order valence-corrected chi connectivity index (χ1v) is 9.53. The van der Waals surface area contributed by atoms with Crippen molar-refractivity contribution in [2.45, 2.75) is 18.6 Å². The van der Waals surface area contributed by atoms with Crippen molar-refractivity contribution in [3.8, 4) is 5.75 Å². The van der Waals surface area contributed by atoms with E-state index >= 15 is 0 Å². The first-order chi connectivity index (χ1) is 12.1. The maximum absolute atomic E-state index is 12.5. The zero-order valence-corrected chi connectivity index (χ0v) is 15.4. The van der Waals surface area contributed by atoms with Gasteiger partial charge in [-0.15, -0.1) is 11.3 Å². The second kappa shape index (κ2) is 7.71. The van der Waals surface area contributed by atoms with E-state index < -0.39 is 0 Å². The number of anilines is 1. The van der Waals surface area contributed by atoms with E-state index in [0.29, 0.717) is 33.4 Å². The second-order valence-electron chi connectivity index (χ2n) is 5.15. The summed E-state index contributed by atoms with van der Waals surface area (Å²) in [5.41, 5.74) is 1.28. The molecule has 0 aliphatic heterocycles. The van der Waals surface area contributed by atoms with Crippen LogP contribution in [0.3, 0.4) is 0 Å². The fourth-order valence-electron chi connectivity index (χ4n) is 2.34. The lowest BCUT2D eigenvalue weighted by Gasteiger charge is -2.10. The third-order valence-corrected chi connectivity index (χ3v) is 5.40. The molecule has 0 fully saturated rings. The average molecular weight is 375 g/mol. The second-order valence-corrected chi connectivity index (χ2v) is 7.01. The maximum Gasteiger partial charge on any atom is 0.272 e. The van der Waals surface area contributed by atoms with Crippen LogP contribution in [0.25, 0.3) is 10.2 Å². The number of hydrogen-bond acceptors (Lipinski definition) is 6. The third kappa shape index (κ3) is 3.85. The lowest BCUT2D eigenvalue weighted by Crippen LogP contribution is -2.22. The Kier molecular flexibility index (Phi) is 5.40. The monoisotopic (exact) mass is 375 g/mol. The van der Waals surface area contributed by atoms with Gasteiger partial charge in [-0.2, -0.15) is 0 Å². The summed E-state index contributed by atoms with van der Waals surface area (Å²) in [5.74, 6) is 0.676. The molecule has 0 spiro atoms. The van der Waals surface area contributed by atoms with Gasteiger partial charge in [0.1, 0.15) is 10.4 Å². The number of ether oxygens (including phenoxy) is 1. The van der Waals surface area contributed by atoms with Gasteiger partial charge >= 0.3 is 0 Å². The molecule has 3 rings (SSSR count). The van der Waals surface area contributed by atoms with Gasteiger partial charge in [0.15, 0.2) is 5.16 Å². The van der Waals surface area contributed by atoms with E-state index in [0.717, 1.165) is 0 Å². The summed E-state index contributed by atoms with van der Waals surface area (Å²) in [6.45, 7) is 2.41. The molecular weight excluding hydrogens is 358 g/mol. The predicted octanol–water partition coefficient (Wildman–Crippen LogP) is 3.22. The number of aromatic nitrogens is 2. The Balaban J connectivity index is 1.73. The van der Waals surface area contributed by atoms with Crippen LogP contribution in [-0.2, 0) is 11.3 Å². The number of rotatable bonds is 6. The Morgan fingerprint density at radius 3 is 3.00 bits per heavy atom. The number of carbonyl (C=O) groups excluding carboxylic acids is 1. The number of carbonyl (C=O) groups is 1. The zero-order chi connectivity index (χ0) is 17.8. The fourth-order valence-corrected chi connectivity index (χ4v) is 3.98. The highest BCUT2D eigenvalue weighted by Crippen LogP contribution is 2.22. The molecule has 130 valence electrons. The zero-order valence-electron chi connectivity index (χ0n) is 13.8. The Morgan fingerprint density at radius 2 is 2.24 bits per heavy atom. The first-order valence-electron chi connectivity index (χ1n) is 7.67. The minimum Gasteiger partial charge on any atom is -0.497 e. The van der Waals surface area contributed by atoms with Gasteiger partial charge in [-0.05, 0) is 30.5 Å². The number of nitrogens with one attached hydrogen (secondary N) is 1. The molecule has 6 nitrogen and oxygen atoms in total. The van der Waals surface area contributed by atoms with Crippen molar-refractivity contribution >= 4 is 44.9 Å². The van der Waals surface area contributed by atoms with Gasteiger partial charge in [-0.25, -0.2) is 4.98 Å². The highest BCUT2D eigenvalue weighted by molar-refractivity contribution is 7.99. The minimum atomic E-state index is -0.166. The Morgan fingerprint density at radius 1 is 1.40 bits per heavy atom. The molecule has 0 saturated carbocycles. The molecule has 0 bridgehead atoms. The first kappa shape index (κ1) is 17.5. The highest BCUT2D eigenvalue weighted by Gasteiger charge is 2.13. The summed E-state index contributed by atoms with van der Waals surface area (Å²) in [6.07, 6.45) is 0. The van der Waals surface area contributed by atoms with Crippen LogP contribution in [0.5, 0.6) is 5.75 Å². The SMILES string of the molecule is CCn1c(SCC(=O)Nc2cccc(OC)c2)nc2ccsc2c1=O. The van der Waals surface area contributed by atoms with Crippen molar-refractivity contribution in [1.29, 1.82) is 0 Å². The molecule has 0 aliphatic rings. The number of benzene rings is 1. The van der Waals surface area contributed by atoms with Gasteiger partial charge in [0.2, 0.25) is 5.91 Å². The molecule has 0 aliphatic carbocycles. The van der Waals surface area contributed by atoms with E-state index in [1.54, 1.807) is 23.8 Å². The van der Waals surface area contributed by atoms with Crippen LogP contribution in [0.15, 0.2) is 45.7 Å². The predicted molar refractivity (Wildman–Crippen MR) is 102 cm³/mol. The largest absolute Gasteiger partial charge is 0.497 e. The number of amides is 1. The molecular formula is C17H17N3O3S2.